The van der Waals surface area contributed by atoms with Gasteiger partial charge in [0.15, 0.2) is 0 Å². The fourth-order valence-corrected chi connectivity index (χ4v) is 4.57. The maximum atomic E-state index is 12.9. The molecule has 7 heteroatoms. The Balaban J connectivity index is 1.76. The summed E-state index contributed by atoms with van der Waals surface area (Å²) in [5, 5.41) is 12.8. The molecule has 1 amide bonds. The second-order valence-electron chi connectivity index (χ2n) is 6.83. The first kappa shape index (κ1) is 18.7. The van der Waals surface area contributed by atoms with Crippen molar-refractivity contribution in [1.29, 1.82) is 0 Å². The van der Waals surface area contributed by atoms with E-state index < -0.39 is 17.7 Å². The summed E-state index contributed by atoms with van der Waals surface area (Å²) in [5.74, 6) is -0.784. The van der Waals surface area contributed by atoms with Crippen LogP contribution in [0.3, 0.4) is 0 Å². The van der Waals surface area contributed by atoms with Gasteiger partial charge in [-0.15, -0.1) is 11.3 Å². The SMILES string of the molecule is COc1ccc(/C(O)=C2\C(=O)C(=O)N(C[C@H]3CCCO3)[C@H]2c2cccs2)cc1. The van der Waals surface area contributed by atoms with Gasteiger partial charge in [0, 0.05) is 23.6 Å². The molecule has 3 heterocycles. The van der Waals surface area contributed by atoms with Crippen molar-refractivity contribution in [3.8, 4) is 5.75 Å². The molecule has 1 aromatic heterocycles. The highest BCUT2D eigenvalue weighted by atomic mass is 32.1. The predicted molar refractivity (Wildman–Crippen MR) is 105 cm³/mol. The van der Waals surface area contributed by atoms with Crippen LogP contribution in [-0.4, -0.2) is 48.1 Å². The molecule has 2 aliphatic heterocycles. The smallest absolute Gasteiger partial charge is 0.295 e. The summed E-state index contributed by atoms with van der Waals surface area (Å²) >= 11 is 1.46. The molecule has 0 bridgehead atoms. The topological polar surface area (TPSA) is 76.1 Å². The quantitative estimate of drug-likeness (QED) is 0.474. The molecule has 6 nitrogen and oxygen atoms in total. The minimum atomic E-state index is -0.662. The van der Waals surface area contributed by atoms with E-state index in [9.17, 15) is 14.7 Å². The molecule has 28 heavy (non-hydrogen) atoms. The summed E-state index contributed by atoms with van der Waals surface area (Å²) < 4.78 is 10.8. The maximum absolute atomic E-state index is 12.9. The number of methoxy groups -OCH3 is 1. The Morgan fingerprint density at radius 2 is 2.07 bits per heavy atom. The van der Waals surface area contributed by atoms with Crippen LogP contribution in [0.4, 0.5) is 0 Å². The van der Waals surface area contributed by atoms with Gasteiger partial charge in [-0.05, 0) is 48.6 Å². The van der Waals surface area contributed by atoms with Crippen LogP contribution < -0.4 is 4.74 Å². The van der Waals surface area contributed by atoms with Gasteiger partial charge < -0.3 is 19.5 Å². The van der Waals surface area contributed by atoms with Crippen molar-refractivity contribution < 1.29 is 24.2 Å². The molecule has 4 rings (SSSR count). The third-order valence-electron chi connectivity index (χ3n) is 5.14. The van der Waals surface area contributed by atoms with Gasteiger partial charge in [0.1, 0.15) is 11.5 Å². The number of carbonyl (C=O) groups excluding carboxylic acids is 2. The van der Waals surface area contributed by atoms with E-state index >= 15 is 0 Å². The molecule has 0 spiro atoms. The molecule has 2 aromatic rings. The van der Waals surface area contributed by atoms with Gasteiger partial charge in [-0.1, -0.05) is 6.07 Å². The lowest BCUT2D eigenvalue weighted by Gasteiger charge is -2.26. The lowest BCUT2D eigenvalue weighted by Crippen LogP contribution is -2.36. The summed E-state index contributed by atoms with van der Waals surface area (Å²) in [6.45, 7) is 1.01. The fourth-order valence-electron chi connectivity index (χ4n) is 3.72. The van der Waals surface area contributed by atoms with Gasteiger partial charge in [-0.2, -0.15) is 0 Å². The molecule has 0 aliphatic carbocycles. The van der Waals surface area contributed by atoms with E-state index in [4.69, 9.17) is 9.47 Å². The van der Waals surface area contributed by atoms with E-state index in [0.29, 0.717) is 24.5 Å². The van der Waals surface area contributed by atoms with Crippen LogP contribution in [0.1, 0.15) is 29.3 Å². The van der Waals surface area contributed by atoms with Crippen LogP contribution in [0.15, 0.2) is 47.4 Å². The van der Waals surface area contributed by atoms with Crippen molar-refractivity contribution in [1.82, 2.24) is 4.90 Å². The Morgan fingerprint density at radius 3 is 2.68 bits per heavy atom. The summed E-state index contributed by atoms with van der Waals surface area (Å²) in [6.07, 6.45) is 1.73. The van der Waals surface area contributed by atoms with E-state index in [1.807, 2.05) is 17.5 Å². The Morgan fingerprint density at radius 1 is 1.29 bits per heavy atom. The van der Waals surface area contributed by atoms with Crippen molar-refractivity contribution in [2.45, 2.75) is 25.0 Å². The van der Waals surface area contributed by atoms with Crippen molar-refractivity contribution in [2.75, 3.05) is 20.3 Å². The number of carbonyl (C=O) groups is 2. The van der Waals surface area contributed by atoms with Gasteiger partial charge in [0.25, 0.3) is 11.7 Å². The average molecular weight is 399 g/mol. The highest BCUT2D eigenvalue weighted by Gasteiger charge is 2.47. The van der Waals surface area contributed by atoms with Gasteiger partial charge >= 0.3 is 0 Å². The lowest BCUT2D eigenvalue weighted by molar-refractivity contribution is -0.140. The number of aliphatic hydroxyl groups is 1. The molecule has 2 aliphatic rings. The number of hydrogen-bond acceptors (Lipinski definition) is 6. The van der Waals surface area contributed by atoms with Gasteiger partial charge in [0.2, 0.25) is 0 Å². The molecular weight excluding hydrogens is 378 g/mol. The first-order chi connectivity index (χ1) is 13.6. The standard InChI is InChI=1S/C21H21NO5S/c1-26-14-8-6-13(7-9-14)19(23)17-18(16-5-3-11-28-16)22(21(25)20(17)24)12-15-4-2-10-27-15/h3,5-9,11,15,18,23H,2,4,10,12H2,1H3/b19-17+/t15-,18+/m1/s1. The summed E-state index contributed by atoms with van der Waals surface area (Å²) in [6, 6.07) is 9.91. The van der Waals surface area contributed by atoms with Crippen molar-refractivity contribution in [3.63, 3.8) is 0 Å². The number of thiophene rings is 1. The highest BCUT2D eigenvalue weighted by Crippen LogP contribution is 2.41. The van der Waals surface area contributed by atoms with E-state index in [1.54, 1.807) is 36.3 Å². The Bertz CT molecular complexity index is 897. The van der Waals surface area contributed by atoms with E-state index in [2.05, 4.69) is 0 Å². The number of Topliss-reactive ketones (excluding diaryl/α,β-unsaturated/α-hetero) is 1. The van der Waals surface area contributed by atoms with Crippen LogP contribution in [0.25, 0.3) is 5.76 Å². The molecule has 2 saturated heterocycles. The largest absolute Gasteiger partial charge is 0.507 e. The molecule has 1 N–H and O–H groups in total. The van der Waals surface area contributed by atoms with E-state index in [0.717, 1.165) is 17.7 Å². The average Bonchev–Trinajstić information content (AvgIpc) is 3.46. The number of rotatable bonds is 5. The van der Waals surface area contributed by atoms with Crippen molar-refractivity contribution in [3.05, 3.63) is 57.8 Å². The monoisotopic (exact) mass is 399 g/mol. The molecule has 0 saturated carbocycles. The Hall–Kier alpha value is -2.64. The van der Waals surface area contributed by atoms with E-state index in [-0.39, 0.29) is 17.4 Å². The molecule has 0 unspecified atom stereocenters. The van der Waals surface area contributed by atoms with Crippen LogP contribution in [0.5, 0.6) is 5.75 Å². The zero-order valence-corrected chi connectivity index (χ0v) is 16.3. The third kappa shape index (κ3) is 3.31. The number of nitrogens with zero attached hydrogens (tertiary/aromatic N) is 1. The normalized spacial score (nSPS) is 24.1. The number of hydrogen-bond donors (Lipinski definition) is 1. The summed E-state index contributed by atoms with van der Waals surface area (Å²) in [7, 11) is 1.56. The van der Waals surface area contributed by atoms with Crippen molar-refractivity contribution in [2.24, 2.45) is 0 Å². The number of ether oxygens (including phenoxy) is 2. The Kier molecular flexibility index (Phi) is 5.19. The van der Waals surface area contributed by atoms with Crippen LogP contribution in [-0.2, 0) is 14.3 Å². The zero-order chi connectivity index (χ0) is 19.7. The maximum Gasteiger partial charge on any atom is 0.295 e. The molecular formula is C21H21NO5S. The highest BCUT2D eigenvalue weighted by molar-refractivity contribution is 7.10. The molecule has 2 atom stereocenters. The zero-order valence-electron chi connectivity index (χ0n) is 15.5. The number of benzene rings is 1. The first-order valence-electron chi connectivity index (χ1n) is 9.18. The van der Waals surface area contributed by atoms with Gasteiger partial charge in [-0.3, -0.25) is 9.59 Å². The fraction of sp³-hybridized carbons (Fsp3) is 0.333. The van der Waals surface area contributed by atoms with Crippen molar-refractivity contribution >= 4 is 28.8 Å². The number of aliphatic hydroxyl groups excluding tert-OH is 1. The first-order valence-corrected chi connectivity index (χ1v) is 10.1. The second-order valence-corrected chi connectivity index (χ2v) is 7.81. The minimum absolute atomic E-state index is 0.0818. The van der Waals surface area contributed by atoms with E-state index in [1.165, 1.54) is 11.3 Å². The molecule has 1 aromatic carbocycles. The number of likely N-dealkylation sites (tertiary alicyclic amines) is 1. The third-order valence-corrected chi connectivity index (χ3v) is 6.07. The molecule has 0 radical (unpaired) electrons. The lowest BCUT2D eigenvalue weighted by atomic mass is 9.99. The van der Waals surface area contributed by atoms with Crippen LogP contribution >= 0.6 is 11.3 Å². The molecule has 146 valence electrons. The summed E-state index contributed by atoms with van der Waals surface area (Å²) in [5.41, 5.74) is 0.591. The number of ketones is 1. The Labute approximate surface area is 167 Å². The van der Waals surface area contributed by atoms with Crippen LogP contribution in [0.2, 0.25) is 0 Å². The van der Waals surface area contributed by atoms with Gasteiger partial charge in [-0.25, -0.2) is 0 Å². The van der Waals surface area contributed by atoms with Gasteiger partial charge in [0.05, 0.1) is 24.8 Å². The number of amides is 1. The van der Waals surface area contributed by atoms with Crippen LogP contribution in [0, 0.1) is 0 Å². The predicted octanol–water partition coefficient (Wildman–Crippen LogP) is 3.36. The minimum Gasteiger partial charge on any atom is -0.507 e. The second kappa shape index (κ2) is 7.77. The summed E-state index contributed by atoms with van der Waals surface area (Å²) in [4.78, 5) is 28.0. The molecule has 2 fully saturated rings.